The van der Waals surface area contributed by atoms with Crippen molar-refractivity contribution in [1.82, 2.24) is 10.2 Å². The average molecular weight is 308 g/mol. The number of phenolic OH excluding ortho intramolecular Hbond substituents is 1. The molecule has 0 aliphatic heterocycles. The van der Waals surface area contributed by atoms with Gasteiger partial charge >= 0.3 is 0 Å². The highest BCUT2D eigenvalue weighted by Gasteiger charge is 2.10. The van der Waals surface area contributed by atoms with Gasteiger partial charge in [0.25, 0.3) is 0 Å². The van der Waals surface area contributed by atoms with E-state index in [1.54, 1.807) is 12.3 Å². The fourth-order valence-corrected chi connectivity index (χ4v) is 2.11. The molecule has 0 spiro atoms. The van der Waals surface area contributed by atoms with Crippen LogP contribution in [0.1, 0.15) is 12.5 Å². The van der Waals surface area contributed by atoms with E-state index in [2.05, 4.69) is 31.0 Å². The van der Waals surface area contributed by atoms with E-state index in [1.165, 1.54) is 0 Å². The van der Waals surface area contributed by atoms with Crippen LogP contribution < -0.4 is 4.90 Å². The van der Waals surface area contributed by atoms with Gasteiger partial charge in [0, 0.05) is 29.3 Å². The van der Waals surface area contributed by atoms with Crippen molar-refractivity contribution in [2.75, 3.05) is 11.4 Å². The first-order valence-corrected chi connectivity index (χ1v) is 6.50. The molecule has 0 saturated heterocycles. The highest BCUT2D eigenvalue weighted by atomic mass is 79.9. The first-order chi connectivity index (χ1) is 8.70. The van der Waals surface area contributed by atoms with Crippen molar-refractivity contribution in [3.63, 3.8) is 0 Å². The van der Waals surface area contributed by atoms with Gasteiger partial charge in [0.15, 0.2) is 5.82 Å². The molecule has 0 saturated carbocycles. The molecule has 5 heteroatoms. The zero-order chi connectivity index (χ0) is 13.0. The number of hydrogen-bond donors (Lipinski definition) is 1. The summed E-state index contributed by atoms with van der Waals surface area (Å²) in [6.45, 7) is 3.44. The van der Waals surface area contributed by atoms with Crippen LogP contribution in [0.3, 0.4) is 0 Å². The molecule has 0 atom stereocenters. The largest absolute Gasteiger partial charge is 0.508 e. The van der Waals surface area contributed by atoms with E-state index < -0.39 is 0 Å². The SMILES string of the molecule is CCN(Cc1cc(Br)ccc1O)c1cccnn1. The summed E-state index contributed by atoms with van der Waals surface area (Å²) < 4.78 is 0.950. The fourth-order valence-electron chi connectivity index (χ4n) is 1.70. The van der Waals surface area contributed by atoms with Crippen LogP contribution in [0.4, 0.5) is 5.82 Å². The molecule has 1 aromatic heterocycles. The Morgan fingerprint density at radius 3 is 2.83 bits per heavy atom. The molecule has 0 fully saturated rings. The van der Waals surface area contributed by atoms with Crippen molar-refractivity contribution < 1.29 is 5.11 Å². The minimum Gasteiger partial charge on any atom is -0.508 e. The summed E-state index contributed by atoms with van der Waals surface area (Å²) in [6, 6.07) is 9.17. The lowest BCUT2D eigenvalue weighted by atomic mass is 10.2. The highest BCUT2D eigenvalue weighted by Crippen LogP contribution is 2.24. The summed E-state index contributed by atoms with van der Waals surface area (Å²) in [7, 11) is 0. The Morgan fingerprint density at radius 1 is 1.33 bits per heavy atom. The summed E-state index contributed by atoms with van der Waals surface area (Å²) in [5.74, 6) is 1.10. The number of benzene rings is 1. The summed E-state index contributed by atoms with van der Waals surface area (Å²) >= 11 is 3.41. The van der Waals surface area contributed by atoms with Crippen molar-refractivity contribution >= 4 is 21.7 Å². The number of rotatable bonds is 4. The maximum atomic E-state index is 9.84. The molecule has 0 radical (unpaired) electrons. The van der Waals surface area contributed by atoms with Gasteiger partial charge in [-0.1, -0.05) is 15.9 Å². The molecule has 1 heterocycles. The summed E-state index contributed by atoms with van der Waals surface area (Å²) in [6.07, 6.45) is 1.65. The van der Waals surface area contributed by atoms with Gasteiger partial charge in [0.1, 0.15) is 5.75 Å². The van der Waals surface area contributed by atoms with E-state index in [9.17, 15) is 5.11 Å². The van der Waals surface area contributed by atoms with Crippen LogP contribution in [0.5, 0.6) is 5.75 Å². The molecule has 0 bridgehead atoms. The van der Waals surface area contributed by atoms with Gasteiger partial charge < -0.3 is 10.0 Å². The Hall–Kier alpha value is -1.62. The lowest BCUT2D eigenvalue weighted by Gasteiger charge is -2.21. The Kier molecular flexibility index (Phi) is 4.15. The average Bonchev–Trinajstić information content (AvgIpc) is 2.41. The third kappa shape index (κ3) is 2.98. The molecule has 1 aromatic carbocycles. The maximum absolute atomic E-state index is 9.84. The first kappa shape index (κ1) is 12.8. The van der Waals surface area contributed by atoms with E-state index in [1.807, 2.05) is 31.2 Å². The van der Waals surface area contributed by atoms with Crippen LogP contribution in [-0.4, -0.2) is 21.8 Å². The molecule has 2 rings (SSSR count). The molecule has 2 aromatic rings. The van der Waals surface area contributed by atoms with E-state index in [-0.39, 0.29) is 0 Å². The summed E-state index contributed by atoms with van der Waals surface area (Å²) in [5, 5.41) is 17.8. The molecule has 1 N–H and O–H groups in total. The van der Waals surface area contributed by atoms with E-state index in [0.717, 1.165) is 22.4 Å². The third-order valence-corrected chi connectivity index (χ3v) is 3.16. The first-order valence-electron chi connectivity index (χ1n) is 5.70. The maximum Gasteiger partial charge on any atom is 0.151 e. The van der Waals surface area contributed by atoms with Crippen LogP contribution in [0.2, 0.25) is 0 Å². The second kappa shape index (κ2) is 5.82. The van der Waals surface area contributed by atoms with Gasteiger partial charge in [-0.15, -0.1) is 5.10 Å². The zero-order valence-corrected chi connectivity index (χ0v) is 11.6. The standard InChI is InChI=1S/C13H14BrN3O/c1-2-17(13-4-3-7-15-16-13)9-10-8-11(14)5-6-12(10)18/h3-8,18H,2,9H2,1H3. The lowest BCUT2D eigenvalue weighted by molar-refractivity contribution is 0.467. The van der Waals surface area contributed by atoms with Crippen molar-refractivity contribution in [2.24, 2.45) is 0 Å². The number of anilines is 1. The van der Waals surface area contributed by atoms with Gasteiger partial charge in [-0.05, 0) is 37.3 Å². The predicted octanol–water partition coefficient (Wildman–Crippen LogP) is 2.97. The summed E-state index contributed by atoms with van der Waals surface area (Å²) in [5.41, 5.74) is 0.858. The van der Waals surface area contributed by atoms with E-state index in [4.69, 9.17) is 0 Å². The van der Waals surface area contributed by atoms with E-state index in [0.29, 0.717) is 12.3 Å². The minimum atomic E-state index is 0.292. The molecule has 0 amide bonds. The van der Waals surface area contributed by atoms with Gasteiger partial charge in [-0.25, -0.2) is 0 Å². The van der Waals surface area contributed by atoms with Gasteiger partial charge in [0.05, 0.1) is 0 Å². The number of nitrogens with zero attached hydrogens (tertiary/aromatic N) is 3. The number of aromatic nitrogens is 2. The van der Waals surface area contributed by atoms with E-state index >= 15 is 0 Å². The topological polar surface area (TPSA) is 49.2 Å². The predicted molar refractivity (Wildman–Crippen MR) is 74.6 cm³/mol. The van der Waals surface area contributed by atoms with Gasteiger partial charge in [0.2, 0.25) is 0 Å². The quantitative estimate of drug-likeness (QED) is 0.943. The molecular formula is C13H14BrN3O. The third-order valence-electron chi connectivity index (χ3n) is 2.67. The molecule has 94 valence electrons. The highest BCUT2D eigenvalue weighted by molar-refractivity contribution is 9.10. The van der Waals surface area contributed by atoms with Crippen molar-refractivity contribution in [3.8, 4) is 5.75 Å². The number of aromatic hydroxyl groups is 1. The molecule has 0 unspecified atom stereocenters. The number of hydrogen-bond acceptors (Lipinski definition) is 4. The van der Waals surface area contributed by atoms with Crippen molar-refractivity contribution in [3.05, 3.63) is 46.6 Å². The second-order valence-electron chi connectivity index (χ2n) is 3.87. The molecule has 0 aliphatic carbocycles. The smallest absolute Gasteiger partial charge is 0.151 e. The number of halogens is 1. The van der Waals surface area contributed by atoms with Crippen molar-refractivity contribution in [2.45, 2.75) is 13.5 Å². The van der Waals surface area contributed by atoms with Gasteiger partial charge in [-0.2, -0.15) is 5.10 Å². The van der Waals surface area contributed by atoms with Crippen LogP contribution in [-0.2, 0) is 6.54 Å². The molecule has 4 nitrogen and oxygen atoms in total. The van der Waals surface area contributed by atoms with Gasteiger partial charge in [-0.3, -0.25) is 0 Å². The molecular weight excluding hydrogens is 294 g/mol. The Morgan fingerprint density at radius 2 is 2.17 bits per heavy atom. The summed E-state index contributed by atoms with van der Waals surface area (Å²) in [4.78, 5) is 2.05. The lowest BCUT2D eigenvalue weighted by Crippen LogP contribution is -2.23. The van der Waals surface area contributed by atoms with Crippen LogP contribution in [0, 0.1) is 0 Å². The Labute approximate surface area is 114 Å². The minimum absolute atomic E-state index is 0.292. The van der Waals surface area contributed by atoms with Crippen molar-refractivity contribution in [1.29, 1.82) is 0 Å². The van der Waals surface area contributed by atoms with Crippen LogP contribution in [0.25, 0.3) is 0 Å². The molecule has 18 heavy (non-hydrogen) atoms. The Bertz CT molecular complexity index is 519. The zero-order valence-electron chi connectivity index (χ0n) is 10.0. The Balaban J connectivity index is 2.23. The molecule has 0 aliphatic rings. The normalized spacial score (nSPS) is 10.3. The second-order valence-corrected chi connectivity index (χ2v) is 4.78. The van der Waals surface area contributed by atoms with Crippen LogP contribution in [0.15, 0.2) is 41.0 Å². The monoisotopic (exact) mass is 307 g/mol. The van der Waals surface area contributed by atoms with Crippen LogP contribution >= 0.6 is 15.9 Å². The number of phenols is 1. The fraction of sp³-hybridized carbons (Fsp3) is 0.231.